The maximum atomic E-state index is 12.0. The lowest BCUT2D eigenvalue weighted by Crippen LogP contribution is -2.51. The fourth-order valence-electron chi connectivity index (χ4n) is 8.17. The van der Waals surface area contributed by atoms with Gasteiger partial charge in [0.05, 0.1) is 0 Å². The van der Waals surface area contributed by atoms with Gasteiger partial charge in [0.25, 0.3) is 0 Å². The first-order valence-corrected chi connectivity index (χ1v) is 11.5. The van der Waals surface area contributed by atoms with Crippen LogP contribution < -0.4 is 0 Å². The average Bonchev–Trinajstić information content (AvgIpc) is 2.97. The first-order valence-electron chi connectivity index (χ1n) is 11.5. The summed E-state index contributed by atoms with van der Waals surface area (Å²) >= 11 is 0. The Balaban J connectivity index is 1.55. The third kappa shape index (κ3) is 3.06. The van der Waals surface area contributed by atoms with E-state index in [1.807, 2.05) is 6.08 Å². The molecule has 0 heterocycles. The molecule has 0 aromatic rings. The number of hydrogen-bond acceptors (Lipinski definition) is 2. The maximum Gasteiger partial charge on any atom is 0.155 e. The van der Waals surface area contributed by atoms with E-state index in [-0.39, 0.29) is 5.41 Å². The van der Waals surface area contributed by atoms with Crippen molar-refractivity contribution < 1.29 is 9.59 Å². The van der Waals surface area contributed by atoms with Gasteiger partial charge in [0.1, 0.15) is 5.78 Å². The van der Waals surface area contributed by atoms with Gasteiger partial charge in [-0.25, -0.2) is 0 Å². The molecule has 0 aliphatic heterocycles. The number of carbonyl (C=O) groups excluding carboxylic acids is 2. The van der Waals surface area contributed by atoms with Gasteiger partial charge in [-0.1, -0.05) is 26.3 Å². The number of allylic oxidation sites excluding steroid dienone is 1. The van der Waals surface area contributed by atoms with Crippen LogP contribution in [0.5, 0.6) is 0 Å². The van der Waals surface area contributed by atoms with Crippen molar-refractivity contribution >= 4 is 11.6 Å². The van der Waals surface area contributed by atoms with E-state index in [0.717, 1.165) is 55.8 Å². The number of ketones is 2. The van der Waals surface area contributed by atoms with Gasteiger partial charge in [0, 0.05) is 12.8 Å². The molecule has 0 aromatic heterocycles. The van der Waals surface area contributed by atoms with Crippen LogP contribution in [-0.2, 0) is 9.59 Å². The third-order valence-corrected chi connectivity index (χ3v) is 9.67. The molecule has 3 saturated carbocycles. The van der Waals surface area contributed by atoms with Crippen molar-refractivity contribution in [2.45, 2.75) is 91.9 Å². The topological polar surface area (TPSA) is 34.1 Å². The zero-order valence-electron chi connectivity index (χ0n) is 17.9. The number of Topliss-reactive ketones (excluding diaryl/α,β-unsaturated/α-hetero) is 1. The standard InChI is InChI=1S/C25H38O2/c1-16(5-6-17(2)26)21-9-10-22-20-8-7-18-15-19(27)11-13-24(18,3)23(20)12-14-25(21,22)4/h15-16,20-23H,5-14H2,1-4H3. The molecule has 4 aliphatic rings. The number of hydrogen-bond donors (Lipinski definition) is 0. The number of rotatable bonds is 4. The van der Waals surface area contributed by atoms with Crippen molar-refractivity contribution in [1.82, 2.24) is 0 Å². The summed E-state index contributed by atoms with van der Waals surface area (Å²) in [6.45, 7) is 9.21. The molecule has 4 aliphatic carbocycles. The Bertz CT molecular complexity index is 661. The van der Waals surface area contributed by atoms with Gasteiger partial charge in [-0.05, 0) is 105 Å². The average molecular weight is 371 g/mol. The summed E-state index contributed by atoms with van der Waals surface area (Å²) < 4.78 is 0. The smallest absolute Gasteiger partial charge is 0.155 e. The highest BCUT2D eigenvalue weighted by atomic mass is 16.1. The summed E-state index contributed by atoms with van der Waals surface area (Å²) in [6.07, 6.45) is 13.6. The molecule has 0 radical (unpaired) electrons. The second kappa shape index (κ2) is 6.85. The predicted octanol–water partition coefficient (Wildman–Crippen LogP) is 6.14. The van der Waals surface area contributed by atoms with E-state index in [2.05, 4.69) is 20.8 Å². The van der Waals surface area contributed by atoms with Crippen molar-refractivity contribution in [2.75, 3.05) is 0 Å². The SMILES string of the molecule is CC(=O)CCC(C)C1CCC2C3CCC4=CC(=O)CCC4(C)C3CCC12C. The lowest BCUT2D eigenvalue weighted by atomic mass is 9.46. The van der Waals surface area contributed by atoms with Gasteiger partial charge in [0.15, 0.2) is 5.78 Å². The summed E-state index contributed by atoms with van der Waals surface area (Å²) in [4.78, 5) is 23.5. The molecule has 0 spiro atoms. The predicted molar refractivity (Wildman–Crippen MR) is 109 cm³/mol. The zero-order valence-corrected chi connectivity index (χ0v) is 17.9. The molecule has 7 atom stereocenters. The second-order valence-electron chi connectivity index (χ2n) is 10.9. The highest BCUT2D eigenvalue weighted by Crippen LogP contribution is 2.67. The Labute approximate surface area is 165 Å². The van der Waals surface area contributed by atoms with Crippen LogP contribution in [0.4, 0.5) is 0 Å². The van der Waals surface area contributed by atoms with Crippen LogP contribution in [0.1, 0.15) is 91.9 Å². The van der Waals surface area contributed by atoms with Gasteiger partial charge < -0.3 is 4.79 Å². The van der Waals surface area contributed by atoms with E-state index in [9.17, 15) is 9.59 Å². The van der Waals surface area contributed by atoms with Crippen molar-refractivity contribution in [1.29, 1.82) is 0 Å². The summed E-state index contributed by atoms with van der Waals surface area (Å²) in [6, 6.07) is 0. The highest BCUT2D eigenvalue weighted by molar-refractivity contribution is 5.91. The monoisotopic (exact) mass is 370 g/mol. The second-order valence-corrected chi connectivity index (χ2v) is 10.9. The molecular formula is C25H38O2. The summed E-state index contributed by atoms with van der Waals surface area (Å²) in [5.74, 6) is 4.66. The first kappa shape index (κ1) is 19.4. The minimum atomic E-state index is 0.288. The number of fused-ring (bicyclic) bond motifs is 5. The molecular weight excluding hydrogens is 332 g/mol. The van der Waals surface area contributed by atoms with Crippen LogP contribution in [0, 0.1) is 40.4 Å². The maximum absolute atomic E-state index is 12.0. The zero-order chi connectivity index (χ0) is 19.4. The van der Waals surface area contributed by atoms with Crippen LogP contribution in [0.3, 0.4) is 0 Å². The van der Waals surface area contributed by atoms with Crippen molar-refractivity contribution in [3.8, 4) is 0 Å². The van der Waals surface area contributed by atoms with E-state index >= 15 is 0 Å². The van der Waals surface area contributed by atoms with Gasteiger partial charge in [-0.3, -0.25) is 4.79 Å². The molecule has 3 fully saturated rings. The molecule has 2 nitrogen and oxygen atoms in total. The fraction of sp³-hybridized carbons (Fsp3) is 0.840. The Morgan fingerprint density at radius 2 is 1.89 bits per heavy atom. The lowest BCUT2D eigenvalue weighted by molar-refractivity contribution is -0.117. The summed E-state index contributed by atoms with van der Waals surface area (Å²) in [5.41, 5.74) is 2.24. The largest absolute Gasteiger partial charge is 0.300 e. The van der Waals surface area contributed by atoms with E-state index in [4.69, 9.17) is 0 Å². The molecule has 0 bridgehead atoms. The van der Waals surface area contributed by atoms with Crippen LogP contribution in [0.15, 0.2) is 11.6 Å². The normalized spacial score (nSPS) is 44.7. The molecule has 0 aromatic carbocycles. The highest BCUT2D eigenvalue weighted by Gasteiger charge is 2.59. The molecule has 4 rings (SSSR count). The Kier molecular flexibility index (Phi) is 4.92. The molecule has 7 unspecified atom stereocenters. The third-order valence-electron chi connectivity index (χ3n) is 9.67. The Morgan fingerprint density at radius 1 is 1.11 bits per heavy atom. The van der Waals surface area contributed by atoms with Crippen LogP contribution in [0.25, 0.3) is 0 Å². The quantitative estimate of drug-likeness (QED) is 0.595. The Morgan fingerprint density at radius 3 is 2.63 bits per heavy atom. The van der Waals surface area contributed by atoms with Crippen molar-refractivity contribution in [3.63, 3.8) is 0 Å². The molecule has 0 N–H and O–H groups in total. The summed E-state index contributed by atoms with van der Waals surface area (Å²) in [5, 5.41) is 0. The lowest BCUT2D eigenvalue weighted by Gasteiger charge is -2.58. The molecule has 0 saturated heterocycles. The van der Waals surface area contributed by atoms with E-state index in [0.29, 0.717) is 22.9 Å². The molecule has 2 heteroatoms. The van der Waals surface area contributed by atoms with Gasteiger partial charge in [0.2, 0.25) is 0 Å². The van der Waals surface area contributed by atoms with Crippen molar-refractivity contribution in [3.05, 3.63) is 11.6 Å². The van der Waals surface area contributed by atoms with Gasteiger partial charge in [-0.15, -0.1) is 0 Å². The number of carbonyl (C=O) groups is 2. The van der Waals surface area contributed by atoms with Crippen molar-refractivity contribution in [2.24, 2.45) is 40.4 Å². The van der Waals surface area contributed by atoms with Crippen LogP contribution in [0.2, 0.25) is 0 Å². The van der Waals surface area contributed by atoms with Gasteiger partial charge >= 0.3 is 0 Å². The fourth-order valence-corrected chi connectivity index (χ4v) is 8.17. The van der Waals surface area contributed by atoms with E-state index < -0.39 is 0 Å². The molecule has 0 amide bonds. The van der Waals surface area contributed by atoms with Gasteiger partial charge in [-0.2, -0.15) is 0 Å². The Hall–Kier alpha value is -0.920. The first-order chi connectivity index (χ1) is 12.8. The molecule has 27 heavy (non-hydrogen) atoms. The minimum absolute atomic E-state index is 0.288. The molecule has 150 valence electrons. The summed E-state index contributed by atoms with van der Waals surface area (Å²) in [7, 11) is 0. The minimum Gasteiger partial charge on any atom is -0.300 e. The van der Waals surface area contributed by atoms with Crippen LogP contribution >= 0.6 is 0 Å². The van der Waals surface area contributed by atoms with E-state index in [1.165, 1.54) is 37.7 Å². The van der Waals surface area contributed by atoms with E-state index in [1.54, 1.807) is 6.92 Å². The van der Waals surface area contributed by atoms with Crippen LogP contribution in [-0.4, -0.2) is 11.6 Å².